The summed E-state index contributed by atoms with van der Waals surface area (Å²) in [5.41, 5.74) is 0. The Hall–Kier alpha value is -0.240. The normalized spacial score (nSPS) is 8.20. The van der Waals surface area contributed by atoms with E-state index in [2.05, 4.69) is 11.7 Å². The first-order chi connectivity index (χ1) is 4.31. The van der Waals surface area contributed by atoms with Gasteiger partial charge in [-0.15, -0.1) is 12.4 Å². The molecule has 0 aliphatic heterocycles. The van der Waals surface area contributed by atoms with Gasteiger partial charge in [0.15, 0.2) is 5.90 Å². The largest absolute Gasteiger partial charge is 0.484 e. The Bertz CT molecular complexity index is 85.7. The van der Waals surface area contributed by atoms with Gasteiger partial charge in [-0.25, -0.2) is 0 Å². The Kier molecular flexibility index (Phi) is 10.9. The van der Waals surface area contributed by atoms with Crippen molar-refractivity contribution in [1.29, 1.82) is 5.41 Å². The summed E-state index contributed by atoms with van der Waals surface area (Å²) < 4.78 is 4.68. The summed E-state index contributed by atoms with van der Waals surface area (Å²) in [4.78, 5) is 0. The van der Waals surface area contributed by atoms with Crippen LogP contribution in [0.25, 0.3) is 0 Å². The molecule has 0 aromatic rings. The minimum atomic E-state index is 0. The fourth-order valence-corrected chi connectivity index (χ4v) is 0.638. The van der Waals surface area contributed by atoms with Gasteiger partial charge in [0.2, 0.25) is 0 Å². The van der Waals surface area contributed by atoms with Crippen LogP contribution in [-0.2, 0) is 4.74 Å². The highest BCUT2D eigenvalue weighted by Gasteiger charge is 1.92. The van der Waals surface area contributed by atoms with Gasteiger partial charge in [0.1, 0.15) is 0 Å². The van der Waals surface area contributed by atoms with Crippen molar-refractivity contribution in [3.63, 3.8) is 0 Å². The van der Waals surface area contributed by atoms with Crippen LogP contribution < -0.4 is 0 Å². The van der Waals surface area contributed by atoms with Crippen molar-refractivity contribution in [2.75, 3.05) is 7.11 Å². The van der Waals surface area contributed by atoms with Gasteiger partial charge in [-0.2, -0.15) is 0 Å². The highest BCUT2D eigenvalue weighted by atomic mass is 35.5. The third-order valence-corrected chi connectivity index (χ3v) is 1.25. The third kappa shape index (κ3) is 7.76. The van der Waals surface area contributed by atoms with E-state index < -0.39 is 0 Å². The zero-order chi connectivity index (χ0) is 7.11. The molecule has 0 saturated carbocycles. The van der Waals surface area contributed by atoms with Gasteiger partial charge in [0.25, 0.3) is 0 Å². The molecule has 0 fully saturated rings. The summed E-state index contributed by atoms with van der Waals surface area (Å²) in [6.07, 6.45) is 4.29. The number of hydrogen-bond donors (Lipinski definition) is 1. The van der Waals surface area contributed by atoms with Crippen LogP contribution in [0.2, 0.25) is 0 Å². The molecule has 0 radical (unpaired) electrons. The molecular formula is C7H16ClNO. The lowest BCUT2D eigenvalue weighted by atomic mass is 10.2. The first-order valence-electron chi connectivity index (χ1n) is 3.42. The number of unbranched alkanes of at least 4 members (excludes halogenated alkanes) is 2. The number of methoxy groups -OCH3 is 1. The van der Waals surface area contributed by atoms with E-state index in [4.69, 9.17) is 5.41 Å². The van der Waals surface area contributed by atoms with Gasteiger partial charge >= 0.3 is 0 Å². The van der Waals surface area contributed by atoms with Crippen molar-refractivity contribution in [2.24, 2.45) is 0 Å². The second kappa shape index (κ2) is 8.76. The predicted octanol–water partition coefficient (Wildman–Crippen LogP) is 2.61. The number of nitrogens with one attached hydrogen (secondary N) is 1. The predicted molar refractivity (Wildman–Crippen MR) is 46.1 cm³/mol. The number of rotatable bonds is 4. The summed E-state index contributed by atoms with van der Waals surface area (Å²) in [6.45, 7) is 2.15. The lowest BCUT2D eigenvalue weighted by molar-refractivity contribution is 0.383. The summed E-state index contributed by atoms with van der Waals surface area (Å²) in [5.74, 6) is 0.406. The van der Waals surface area contributed by atoms with E-state index in [1.165, 1.54) is 12.8 Å². The smallest absolute Gasteiger partial charge is 0.180 e. The maximum absolute atomic E-state index is 7.09. The van der Waals surface area contributed by atoms with Gasteiger partial charge in [0, 0.05) is 6.42 Å². The Morgan fingerprint density at radius 3 is 2.40 bits per heavy atom. The molecule has 0 unspecified atom stereocenters. The van der Waals surface area contributed by atoms with Crippen LogP contribution in [0.3, 0.4) is 0 Å². The molecule has 0 heterocycles. The minimum Gasteiger partial charge on any atom is -0.484 e. The van der Waals surface area contributed by atoms with E-state index >= 15 is 0 Å². The lowest BCUT2D eigenvalue weighted by Gasteiger charge is -1.99. The van der Waals surface area contributed by atoms with Crippen LogP contribution in [0, 0.1) is 5.41 Å². The van der Waals surface area contributed by atoms with Gasteiger partial charge in [-0.3, -0.25) is 5.41 Å². The molecular weight excluding hydrogens is 150 g/mol. The molecule has 0 aliphatic carbocycles. The quantitative estimate of drug-likeness (QED) is 0.388. The molecule has 0 aliphatic rings. The molecule has 10 heavy (non-hydrogen) atoms. The fourth-order valence-electron chi connectivity index (χ4n) is 0.638. The second-order valence-electron chi connectivity index (χ2n) is 2.08. The number of hydrogen-bond acceptors (Lipinski definition) is 2. The second-order valence-corrected chi connectivity index (χ2v) is 2.08. The molecule has 0 aromatic heterocycles. The highest BCUT2D eigenvalue weighted by molar-refractivity contribution is 5.85. The van der Waals surface area contributed by atoms with Gasteiger partial charge in [-0.1, -0.05) is 19.8 Å². The average Bonchev–Trinajstić information content (AvgIpc) is 1.89. The maximum atomic E-state index is 7.09. The SMILES string of the molecule is CCCCCC(=N)OC.Cl. The molecule has 62 valence electrons. The van der Waals surface area contributed by atoms with Crippen molar-refractivity contribution in [2.45, 2.75) is 32.6 Å². The van der Waals surface area contributed by atoms with Crippen molar-refractivity contribution in [1.82, 2.24) is 0 Å². The van der Waals surface area contributed by atoms with Crippen LogP contribution in [0.4, 0.5) is 0 Å². The monoisotopic (exact) mass is 165 g/mol. The summed E-state index contributed by atoms with van der Waals surface area (Å²) >= 11 is 0. The topological polar surface area (TPSA) is 33.1 Å². The van der Waals surface area contributed by atoms with Crippen LogP contribution >= 0.6 is 12.4 Å². The van der Waals surface area contributed by atoms with Crippen LogP contribution in [0.15, 0.2) is 0 Å². The minimum absolute atomic E-state index is 0. The van der Waals surface area contributed by atoms with Gasteiger partial charge in [-0.05, 0) is 6.42 Å². The molecule has 1 N–H and O–H groups in total. The zero-order valence-corrected chi connectivity index (χ0v) is 7.46. The Morgan fingerprint density at radius 2 is 2.00 bits per heavy atom. The fraction of sp³-hybridized carbons (Fsp3) is 0.857. The van der Waals surface area contributed by atoms with Gasteiger partial charge in [0.05, 0.1) is 7.11 Å². The van der Waals surface area contributed by atoms with Crippen LogP contribution in [0.5, 0.6) is 0 Å². The van der Waals surface area contributed by atoms with Gasteiger partial charge < -0.3 is 4.74 Å². The molecule has 0 rings (SSSR count). The lowest BCUT2D eigenvalue weighted by Crippen LogP contribution is -1.97. The molecule has 2 nitrogen and oxygen atoms in total. The molecule has 3 heteroatoms. The third-order valence-electron chi connectivity index (χ3n) is 1.25. The molecule has 0 saturated heterocycles. The van der Waals surface area contributed by atoms with E-state index in [0.29, 0.717) is 5.90 Å². The average molecular weight is 166 g/mol. The number of ether oxygens (including phenoxy) is 1. The van der Waals surface area contributed by atoms with E-state index in [0.717, 1.165) is 12.8 Å². The van der Waals surface area contributed by atoms with Crippen molar-refractivity contribution in [3.8, 4) is 0 Å². The van der Waals surface area contributed by atoms with Crippen LogP contribution in [-0.4, -0.2) is 13.0 Å². The molecule has 0 aromatic carbocycles. The summed E-state index contributed by atoms with van der Waals surface area (Å²) in [7, 11) is 1.55. The first-order valence-corrected chi connectivity index (χ1v) is 3.42. The van der Waals surface area contributed by atoms with E-state index in [9.17, 15) is 0 Å². The summed E-state index contributed by atoms with van der Waals surface area (Å²) in [5, 5.41) is 7.09. The standard InChI is InChI=1S/C7H15NO.ClH/c1-3-4-5-6-7(8)9-2;/h8H,3-6H2,1-2H3;1H. The van der Waals surface area contributed by atoms with Crippen molar-refractivity contribution in [3.05, 3.63) is 0 Å². The Labute approximate surface area is 68.9 Å². The maximum Gasteiger partial charge on any atom is 0.180 e. The Morgan fingerprint density at radius 1 is 1.40 bits per heavy atom. The molecule has 0 amide bonds. The first kappa shape index (κ1) is 12.4. The number of halogens is 1. The van der Waals surface area contributed by atoms with E-state index in [-0.39, 0.29) is 12.4 Å². The van der Waals surface area contributed by atoms with Crippen molar-refractivity contribution >= 4 is 18.3 Å². The molecule has 0 spiro atoms. The van der Waals surface area contributed by atoms with E-state index in [1.807, 2.05) is 0 Å². The Balaban J connectivity index is 0. The zero-order valence-electron chi connectivity index (χ0n) is 6.64. The van der Waals surface area contributed by atoms with Crippen LogP contribution in [0.1, 0.15) is 32.6 Å². The summed E-state index contributed by atoms with van der Waals surface area (Å²) in [6, 6.07) is 0. The molecule has 0 atom stereocenters. The van der Waals surface area contributed by atoms with Crippen molar-refractivity contribution < 1.29 is 4.74 Å². The highest BCUT2D eigenvalue weighted by Crippen LogP contribution is 1.99. The van der Waals surface area contributed by atoms with E-state index in [1.54, 1.807) is 7.11 Å². The molecule has 0 bridgehead atoms.